The molecule has 0 saturated carbocycles. The molecule has 1 saturated heterocycles. The summed E-state index contributed by atoms with van der Waals surface area (Å²) in [6.45, 7) is 6.56. The molecule has 1 aromatic heterocycles. The summed E-state index contributed by atoms with van der Waals surface area (Å²) in [5.41, 5.74) is 8.16. The first-order valence-corrected chi connectivity index (χ1v) is 7.15. The van der Waals surface area contributed by atoms with Crippen molar-refractivity contribution in [3.63, 3.8) is 0 Å². The van der Waals surface area contributed by atoms with Crippen molar-refractivity contribution in [2.75, 3.05) is 37.8 Å². The SMILES string of the molecule is CC(C)c1nn(C)c(N(C)C2CCCN(C)C2)c1N. The number of aryl methyl sites for hydroxylation is 1. The van der Waals surface area contributed by atoms with Gasteiger partial charge in [0.1, 0.15) is 5.82 Å². The Morgan fingerprint density at radius 1 is 1.37 bits per heavy atom. The molecule has 1 aliphatic rings. The molecule has 1 fully saturated rings. The van der Waals surface area contributed by atoms with E-state index in [1.165, 1.54) is 19.4 Å². The zero-order valence-corrected chi connectivity index (χ0v) is 12.8. The van der Waals surface area contributed by atoms with Gasteiger partial charge in [-0.15, -0.1) is 0 Å². The number of nitrogens with zero attached hydrogens (tertiary/aromatic N) is 4. The maximum atomic E-state index is 6.31. The normalized spacial score (nSPS) is 21.1. The molecular weight excluding hydrogens is 238 g/mol. The smallest absolute Gasteiger partial charge is 0.150 e. The number of nitrogens with two attached hydrogens (primary N) is 1. The number of likely N-dealkylation sites (N-methyl/N-ethyl adjacent to an activating group) is 2. The van der Waals surface area contributed by atoms with Crippen LogP contribution in [0.4, 0.5) is 11.5 Å². The van der Waals surface area contributed by atoms with E-state index in [0.717, 1.165) is 23.7 Å². The van der Waals surface area contributed by atoms with Crippen LogP contribution in [0.15, 0.2) is 0 Å². The van der Waals surface area contributed by atoms with Gasteiger partial charge in [-0.25, -0.2) is 0 Å². The minimum absolute atomic E-state index is 0.363. The number of anilines is 2. The zero-order valence-electron chi connectivity index (χ0n) is 12.8. The second kappa shape index (κ2) is 5.41. The molecular formula is C14H27N5. The Balaban J connectivity index is 2.25. The van der Waals surface area contributed by atoms with E-state index in [-0.39, 0.29) is 0 Å². The third-order valence-corrected chi connectivity index (χ3v) is 4.11. The van der Waals surface area contributed by atoms with Gasteiger partial charge in [-0.3, -0.25) is 4.68 Å². The zero-order chi connectivity index (χ0) is 14.2. The highest BCUT2D eigenvalue weighted by atomic mass is 15.4. The van der Waals surface area contributed by atoms with E-state index in [1.807, 2.05) is 11.7 Å². The lowest BCUT2D eigenvalue weighted by Gasteiger charge is -2.37. The molecule has 1 aliphatic heterocycles. The first-order valence-electron chi connectivity index (χ1n) is 7.15. The third kappa shape index (κ3) is 2.71. The molecule has 1 atom stereocenters. The molecule has 2 N–H and O–H groups in total. The van der Waals surface area contributed by atoms with Crippen molar-refractivity contribution in [1.29, 1.82) is 0 Å². The topological polar surface area (TPSA) is 50.3 Å². The van der Waals surface area contributed by atoms with Crippen molar-refractivity contribution in [3.8, 4) is 0 Å². The lowest BCUT2D eigenvalue weighted by molar-refractivity contribution is 0.247. The second-order valence-corrected chi connectivity index (χ2v) is 6.07. The fourth-order valence-electron chi connectivity index (χ4n) is 3.02. The van der Waals surface area contributed by atoms with Gasteiger partial charge < -0.3 is 15.5 Å². The van der Waals surface area contributed by atoms with Crippen LogP contribution in [0, 0.1) is 0 Å². The Morgan fingerprint density at radius 3 is 2.58 bits per heavy atom. The first-order chi connectivity index (χ1) is 8.91. The summed E-state index contributed by atoms with van der Waals surface area (Å²) < 4.78 is 1.93. The van der Waals surface area contributed by atoms with Crippen molar-refractivity contribution in [1.82, 2.24) is 14.7 Å². The Kier molecular flexibility index (Phi) is 4.04. The molecule has 108 valence electrons. The Labute approximate surface area is 116 Å². The van der Waals surface area contributed by atoms with E-state index >= 15 is 0 Å². The van der Waals surface area contributed by atoms with E-state index in [2.05, 4.69) is 42.8 Å². The number of rotatable bonds is 3. The minimum Gasteiger partial charge on any atom is -0.394 e. The van der Waals surface area contributed by atoms with Crippen LogP contribution in [0.3, 0.4) is 0 Å². The Morgan fingerprint density at radius 2 is 2.05 bits per heavy atom. The molecule has 5 nitrogen and oxygen atoms in total. The monoisotopic (exact) mass is 265 g/mol. The van der Waals surface area contributed by atoms with E-state index in [4.69, 9.17) is 5.73 Å². The van der Waals surface area contributed by atoms with E-state index in [1.54, 1.807) is 0 Å². The minimum atomic E-state index is 0.363. The molecule has 2 heterocycles. The summed E-state index contributed by atoms with van der Waals surface area (Å²) in [5.74, 6) is 1.42. The molecule has 19 heavy (non-hydrogen) atoms. The molecule has 5 heteroatoms. The highest BCUT2D eigenvalue weighted by molar-refractivity contribution is 5.67. The van der Waals surface area contributed by atoms with Crippen molar-refractivity contribution in [2.45, 2.75) is 38.6 Å². The fraction of sp³-hybridized carbons (Fsp3) is 0.786. The molecule has 1 unspecified atom stereocenters. The number of likely N-dealkylation sites (tertiary alicyclic amines) is 1. The van der Waals surface area contributed by atoms with Gasteiger partial charge in [-0.05, 0) is 32.4 Å². The Hall–Kier alpha value is -1.23. The standard InChI is InChI=1S/C14H27N5/c1-10(2)13-12(15)14(19(5)16-13)18(4)11-7-6-8-17(3)9-11/h10-11H,6-9,15H2,1-5H3. The summed E-state index contributed by atoms with van der Waals surface area (Å²) >= 11 is 0. The predicted octanol–water partition coefficient (Wildman–Crippen LogP) is 1.66. The molecule has 2 rings (SSSR count). The molecule has 0 radical (unpaired) electrons. The van der Waals surface area contributed by atoms with Crippen LogP contribution in [0.2, 0.25) is 0 Å². The highest BCUT2D eigenvalue weighted by Crippen LogP contribution is 2.32. The van der Waals surface area contributed by atoms with Crippen molar-refractivity contribution >= 4 is 11.5 Å². The lowest BCUT2D eigenvalue weighted by Crippen LogP contribution is -2.45. The summed E-state index contributed by atoms with van der Waals surface area (Å²) in [4.78, 5) is 4.70. The molecule has 0 aliphatic carbocycles. The van der Waals surface area contributed by atoms with Gasteiger partial charge in [0.05, 0.1) is 11.4 Å². The largest absolute Gasteiger partial charge is 0.394 e. The van der Waals surface area contributed by atoms with Crippen LogP contribution in [0.25, 0.3) is 0 Å². The van der Waals surface area contributed by atoms with Gasteiger partial charge in [-0.2, -0.15) is 5.10 Å². The van der Waals surface area contributed by atoms with Gasteiger partial charge in [-0.1, -0.05) is 13.8 Å². The predicted molar refractivity (Wildman–Crippen MR) is 80.6 cm³/mol. The summed E-state index contributed by atoms with van der Waals surface area (Å²) in [5, 5.41) is 4.58. The van der Waals surface area contributed by atoms with Crippen LogP contribution in [-0.4, -0.2) is 47.9 Å². The van der Waals surface area contributed by atoms with Crippen LogP contribution >= 0.6 is 0 Å². The van der Waals surface area contributed by atoms with Crippen molar-refractivity contribution in [2.24, 2.45) is 7.05 Å². The van der Waals surface area contributed by atoms with Gasteiger partial charge in [0.25, 0.3) is 0 Å². The van der Waals surface area contributed by atoms with Crippen molar-refractivity contribution in [3.05, 3.63) is 5.69 Å². The number of nitrogen functional groups attached to an aromatic ring is 1. The highest BCUT2D eigenvalue weighted by Gasteiger charge is 2.26. The number of hydrogen-bond donors (Lipinski definition) is 1. The molecule has 1 aromatic rings. The van der Waals surface area contributed by atoms with Gasteiger partial charge in [0, 0.05) is 26.7 Å². The van der Waals surface area contributed by atoms with E-state index in [0.29, 0.717) is 12.0 Å². The Bertz CT molecular complexity index is 437. The lowest BCUT2D eigenvalue weighted by atomic mass is 10.0. The molecule has 0 amide bonds. The van der Waals surface area contributed by atoms with Crippen LogP contribution in [0.1, 0.15) is 38.3 Å². The maximum absolute atomic E-state index is 6.31. The van der Waals surface area contributed by atoms with E-state index < -0.39 is 0 Å². The average molecular weight is 265 g/mol. The summed E-state index contributed by atoms with van der Waals surface area (Å²) in [6.07, 6.45) is 2.47. The van der Waals surface area contributed by atoms with Crippen LogP contribution < -0.4 is 10.6 Å². The first kappa shape index (κ1) is 14.2. The summed E-state index contributed by atoms with van der Waals surface area (Å²) in [7, 11) is 6.31. The van der Waals surface area contributed by atoms with Crippen LogP contribution in [0.5, 0.6) is 0 Å². The van der Waals surface area contributed by atoms with Crippen molar-refractivity contribution < 1.29 is 0 Å². The quantitative estimate of drug-likeness (QED) is 0.903. The molecule has 0 bridgehead atoms. The number of hydrogen-bond acceptors (Lipinski definition) is 4. The summed E-state index contributed by atoms with van der Waals surface area (Å²) in [6, 6.07) is 0.525. The van der Waals surface area contributed by atoms with Gasteiger partial charge in [0.15, 0.2) is 0 Å². The van der Waals surface area contributed by atoms with Crippen LogP contribution in [-0.2, 0) is 7.05 Å². The van der Waals surface area contributed by atoms with E-state index in [9.17, 15) is 0 Å². The number of piperidine rings is 1. The molecule has 0 aromatic carbocycles. The van der Waals surface area contributed by atoms with Gasteiger partial charge in [0.2, 0.25) is 0 Å². The van der Waals surface area contributed by atoms with Gasteiger partial charge >= 0.3 is 0 Å². The average Bonchev–Trinajstić information content (AvgIpc) is 2.64. The fourth-order valence-corrected chi connectivity index (χ4v) is 3.02. The second-order valence-electron chi connectivity index (χ2n) is 6.07. The number of aromatic nitrogens is 2. The third-order valence-electron chi connectivity index (χ3n) is 4.11. The molecule has 0 spiro atoms. The maximum Gasteiger partial charge on any atom is 0.150 e.